The van der Waals surface area contributed by atoms with E-state index in [9.17, 15) is 9.90 Å². The van der Waals surface area contributed by atoms with Gasteiger partial charge in [0.1, 0.15) is 0 Å². The number of ether oxygens (including phenoxy) is 1. The molecule has 1 fully saturated rings. The van der Waals surface area contributed by atoms with Crippen LogP contribution in [0.25, 0.3) is 0 Å². The van der Waals surface area contributed by atoms with Crippen LogP contribution in [0.5, 0.6) is 0 Å². The van der Waals surface area contributed by atoms with E-state index < -0.39 is 0 Å². The van der Waals surface area contributed by atoms with Gasteiger partial charge in [0.25, 0.3) is 0 Å². The van der Waals surface area contributed by atoms with E-state index in [-0.39, 0.29) is 18.1 Å². The predicted octanol–water partition coefficient (Wildman–Crippen LogP) is 0.958. The van der Waals surface area contributed by atoms with E-state index in [0.717, 1.165) is 25.7 Å². The maximum absolute atomic E-state index is 10.8. The standard InChI is InChI=1S/C11H19NO3/c1-15-10(14)5-8-12-11(9-13)6-3-2-4-7-11/h5,8,12-13H,2-4,6-7,9H2,1H3/b8-5+. The van der Waals surface area contributed by atoms with Gasteiger partial charge >= 0.3 is 5.97 Å². The first-order valence-electron chi connectivity index (χ1n) is 5.35. The Labute approximate surface area is 90.3 Å². The number of rotatable bonds is 4. The molecule has 0 aromatic rings. The van der Waals surface area contributed by atoms with Crippen LogP contribution in [0.1, 0.15) is 32.1 Å². The Hall–Kier alpha value is -1.03. The fraction of sp³-hybridized carbons (Fsp3) is 0.727. The quantitative estimate of drug-likeness (QED) is 0.539. The fourth-order valence-electron chi connectivity index (χ4n) is 1.93. The second kappa shape index (κ2) is 5.75. The average molecular weight is 213 g/mol. The van der Waals surface area contributed by atoms with E-state index in [4.69, 9.17) is 0 Å². The Balaban J connectivity index is 2.45. The third-order valence-corrected chi connectivity index (χ3v) is 2.92. The summed E-state index contributed by atoms with van der Waals surface area (Å²) < 4.78 is 4.48. The average Bonchev–Trinajstić information content (AvgIpc) is 2.30. The van der Waals surface area contributed by atoms with Crippen LogP contribution in [0, 0.1) is 0 Å². The molecular weight excluding hydrogens is 194 g/mol. The lowest BCUT2D eigenvalue weighted by Gasteiger charge is -2.36. The summed E-state index contributed by atoms with van der Waals surface area (Å²) in [4.78, 5) is 10.8. The zero-order valence-electron chi connectivity index (χ0n) is 9.16. The Kier molecular flexibility index (Phi) is 4.62. The molecule has 0 radical (unpaired) electrons. The smallest absolute Gasteiger partial charge is 0.331 e. The molecule has 0 unspecified atom stereocenters. The number of aliphatic hydroxyl groups is 1. The molecule has 0 aliphatic heterocycles. The van der Waals surface area contributed by atoms with Crippen LogP contribution in [-0.2, 0) is 9.53 Å². The van der Waals surface area contributed by atoms with Crippen molar-refractivity contribution in [2.45, 2.75) is 37.6 Å². The lowest BCUT2D eigenvalue weighted by atomic mass is 9.82. The van der Waals surface area contributed by atoms with Crippen molar-refractivity contribution in [1.29, 1.82) is 0 Å². The number of hydrogen-bond donors (Lipinski definition) is 2. The Morgan fingerprint density at radius 1 is 1.47 bits per heavy atom. The van der Waals surface area contributed by atoms with Crippen LogP contribution in [0.3, 0.4) is 0 Å². The maximum atomic E-state index is 10.8. The minimum absolute atomic E-state index is 0.110. The molecule has 0 spiro atoms. The van der Waals surface area contributed by atoms with Crippen molar-refractivity contribution in [3.05, 3.63) is 12.3 Å². The molecule has 0 bridgehead atoms. The molecule has 4 heteroatoms. The number of esters is 1. The van der Waals surface area contributed by atoms with Gasteiger partial charge in [-0.25, -0.2) is 4.79 Å². The first kappa shape index (κ1) is 12.0. The minimum Gasteiger partial charge on any atom is -0.466 e. The highest BCUT2D eigenvalue weighted by Crippen LogP contribution is 2.27. The molecule has 0 aromatic heterocycles. The molecule has 4 nitrogen and oxygen atoms in total. The van der Waals surface area contributed by atoms with Gasteiger partial charge in [-0.1, -0.05) is 19.3 Å². The van der Waals surface area contributed by atoms with E-state index >= 15 is 0 Å². The van der Waals surface area contributed by atoms with Crippen LogP contribution in [0.2, 0.25) is 0 Å². The van der Waals surface area contributed by atoms with Gasteiger partial charge in [-0.15, -0.1) is 0 Å². The molecule has 1 saturated carbocycles. The van der Waals surface area contributed by atoms with Crippen LogP contribution >= 0.6 is 0 Å². The van der Waals surface area contributed by atoms with E-state index in [1.165, 1.54) is 19.6 Å². The lowest BCUT2D eigenvalue weighted by Crippen LogP contribution is -2.47. The van der Waals surface area contributed by atoms with Crippen molar-refractivity contribution in [1.82, 2.24) is 5.32 Å². The summed E-state index contributed by atoms with van der Waals surface area (Å²) >= 11 is 0. The summed E-state index contributed by atoms with van der Waals surface area (Å²) in [5, 5.41) is 12.5. The molecule has 0 amide bonds. The molecular formula is C11H19NO3. The van der Waals surface area contributed by atoms with Crippen molar-refractivity contribution in [3.8, 4) is 0 Å². The molecule has 1 aliphatic carbocycles. The third-order valence-electron chi connectivity index (χ3n) is 2.92. The SMILES string of the molecule is COC(=O)/C=C/NC1(CO)CCCCC1. The number of aliphatic hydroxyl groups excluding tert-OH is 1. The minimum atomic E-state index is -0.383. The summed E-state index contributed by atoms with van der Waals surface area (Å²) in [5.41, 5.74) is -0.233. The Morgan fingerprint density at radius 2 is 2.13 bits per heavy atom. The van der Waals surface area contributed by atoms with Crippen molar-refractivity contribution in [3.63, 3.8) is 0 Å². The zero-order chi connectivity index (χ0) is 11.1. The van der Waals surface area contributed by atoms with Gasteiger partial charge in [-0.3, -0.25) is 0 Å². The first-order valence-corrected chi connectivity index (χ1v) is 5.35. The fourth-order valence-corrected chi connectivity index (χ4v) is 1.93. The van der Waals surface area contributed by atoms with Crippen molar-refractivity contribution in [2.75, 3.05) is 13.7 Å². The van der Waals surface area contributed by atoms with Crippen LogP contribution in [-0.4, -0.2) is 30.3 Å². The zero-order valence-corrected chi connectivity index (χ0v) is 9.16. The first-order chi connectivity index (χ1) is 7.22. The molecule has 1 rings (SSSR count). The molecule has 86 valence electrons. The highest BCUT2D eigenvalue weighted by molar-refractivity contribution is 5.81. The highest BCUT2D eigenvalue weighted by Gasteiger charge is 2.29. The normalized spacial score (nSPS) is 20.1. The second-order valence-electron chi connectivity index (χ2n) is 4.00. The van der Waals surface area contributed by atoms with Gasteiger partial charge in [-0.05, 0) is 12.8 Å². The van der Waals surface area contributed by atoms with Crippen LogP contribution < -0.4 is 5.32 Å². The summed E-state index contributed by atoms with van der Waals surface area (Å²) in [6.07, 6.45) is 8.30. The van der Waals surface area contributed by atoms with Gasteiger partial charge in [0.2, 0.25) is 0 Å². The highest BCUT2D eigenvalue weighted by atomic mass is 16.5. The Bertz CT molecular complexity index is 232. The van der Waals surface area contributed by atoms with Crippen LogP contribution in [0.15, 0.2) is 12.3 Å². The number of methoxy groups -OCH3 is 1. The molecule has 0 saturated heterocycles. The summed E-state index contributed by atoms with van der Waals surface area (Å²) in [6, 6.07) is 0. The summed E-state index contributed by atoms with van der Waals surface area (Å²) in [6.45, 7) is 0.110. The largest absolute Gasteiger partial charge is 0.466 e. The van der Waals surface area contributed by atoms with Crippen molar-refractivity contribution in [2.24, 2.45) is 0 Å². The van der Waals surface area contributed by atoms with Gasteiger partial charge < -0.3 is 15.2 Å². The molecule has 0 aromatic carbocycles. The second-order valence-corrected chi connectivity index (χ2v) is 4.00. The van der Waals surface area contributed by atoms with Gasteiger partial charge in [0.05, 0.1) is 19.3 Å². The van der Waals surface area contributed by atoms with Gasteiger partial charge in [-0.2, -0.15) is 0 Å². The summed E-state index contributed by atoms with van der Waals surface area (Å²) in [7, 11) is 1.34. The van der Waals surface area contributed by atoms with E-state index in [0.29, 0.717) is 0 Å². The van der Waals surface area contributed by atoms with E-state index in [1.807, 2.05) is 0 Å². The monoisotopic (exact) mass is 213 g/mol. The molecule has 1 aliphatic rings. The topological polar surface area (TPSA) is 58.6 Å². The van der Waals surface area contributed by atoms with Crippen LogP contribution in [0.4, 0.5) is 0 Å². The Morgan fingerprint density at radius 3 is 2.67 bits per heavy atom. The predicted molar refractivity (Wildman–Crippen MR) is 57.2 cm³/mol. The number of carbonyl (C=O) groups excluding carboxylic acids is 1. The van der Waals surface area contributed by atoms with Crippen molar-refractivity contribution >= 4 is 5.97 Å². The lowest BCUT2D eigenvalue weighted by molar-refractivity contribution is -0.134. The number of carbonyl (C=O) groups is 1. The maximum Gasteiger partial charge on any atom is 0.331 e. The van der Waals surface area contributed by atoms with E-state index in [2.05, 4.69) is 10.1 Å². The van der Waals surface area contributed by atoms with E-state index in [1.54, 1.807) is 6.20 Å². The summed E-state index contributed by atoms with van der Waals surface area (Å²) in [5.74, 6) is -0.383. The molecule has 0 atom stereocenters. The number of nitrogens with one attached hydrogen (secondary N) is 1. The van der Waals surface area contributed by atoms with Crippen molar-refractivity contribution < 1.29 is 14.6 Å². The number of hydrogen-bond acceptors (Lipinski definition) is 4. The molecule has 0 heterocycles. The molecule has 15 heavy (non-hydrogen) atoms. The third kappa shape index (κ3) is 3.55. The molecule has 2 N–H and O–H groups in total. The van der Waals surface area contributed by atoms with Gasteiger partial charge in [0, 0.05) is 12.3 Å². The van der Waals surface area contributed by atoms with Gasteiger partial charge in [0.15, 0.2) is 0 Å².